The summed E-state index contributed by atoms with van der Waals surface area (Å²) in [5.41, 5.74) is 4.72. The fraction of sp³-hybridized carbons (Fsp3) is 0.491. The number of benzene rings is 3. The van der Waals surface area contributed by atoms with Crippen LogP contribution in [0, 0.1) is 38.5 Å². The van der Waals surface area contributed by atoms with Gasteiger partial charge in [0.05, 0.1) is 40.1 Å². The van der Waals surface area contributed by atoms with Gasteiger partial charge in [0.15, 0.2) is 0 Å². The number of aromatic nitrogens is 2. The van der Waals surface area contributed by atoms with Gasteiger partial charge in [-0.3, -0.25) is 4.79 Å². The van der Waals surface area contributed by atoms with Crippen molar-refractivity contribution in [2.75, 3.05) is 0 Å². The van der Waals surface area contributed by atoms with Gasteiger partial charge in [0.25, 0.3) is 5.56 Å². The Morgan fingerprint density at radius 2 is 1.49 bits per heavy atom. The Hall–Kier alpha value is -5.77. The van der Waals surface area contributed by atoms with E-state index in [2.05, 4.69) is 34.6 Å². The molecule has 0 bridgehead atoms. The third kappa shape index (κ3) is 9.55. The van der Waals surface area contributed by atoms with Crippen LogP contribution in [0.15, 0.2) is 65.5 Å². The van der Waals surface area contributed by atoms with Crippen molar-refractivity contribution in [2.45, 2.75) is 164 Å². The van der Waals surface area contributed by atoms with Gasteiger partial charge in [-0.1, -0.05) is 104 Å². The number of hydrogen-bond donors (Lipinski definition) is 0. The van der Waals surface area contributed by atoms with E-state index in [-0.39, 0.29) is 46.4 Å². The standard InChI is InChI=1S/C57H68N2O8/c1-10-57(46-31-48-49-43(29-40-22-11-12-25-47(40)58-49)32-59(48)52(60)45(46)33-64-55(57)63)67-54(62)42-24-15-23-41(30-42)53(61)65-50-37(6)38(7)51-44(39(50)8)26-28-56(9,66-51)27-16-21-36(5)20-14-19-35(4)18-13-17-34(2)3/h11-12,15,22-25,29-31,34-36H,10,13-14,16-21,26-28,32-33H2,1-9H3/t35-,36-,56-,57+/m1/s1. The monoisotopic (exact) mass is 908 g/mol. The number of ether oxygens (including phenoxy) is 4. The van der Waals surface area contributed by atoms with E-state index in [0.717, 1.165) is 82.0 Å². The first-order chi connectivity index (χ1) is 32.0. The maximum atomic E-state index is 14.1. The smallest absolute Gasteiger partial charge is 0.355 e. The van der Waals surface area contributed by atoms with Crippen molar-refractivity contribution >= 4 is 28.8 Å². The minimum Gasteiger partial charge on any atom is -0.487 e. The number of para-hydroxylation sites is 1. The molecule has 3 aliphatic heterocycles. The quantitative estimate of drug-likeness (QED) is 0.0650. The van der Waals surface area contributed by atoms with Crippen LogP contribution < -0.4 is 15.0 Å². The van der Waals surface area contributed by atoms with Crippen LogP contribution in [0.3, 0.4) is 0 Å². The van der Waals surface area contributed by atoms with E-state index in [0.29, 0.717) is 29.6 Å². The highest BCUT2D eigenvalue weighted by molar-refractivity contribution is 5.98. The van der Waals surface area contributed by atoms with Crippen LogP contribution >= 0.6 is 0 Å². The van der Waals surface area contributed by atoms with Crippen molar-refractivity contribution in [1.29, 1.82) is 0 Å². The number of carbonyl (C=O) groups is 3. The number of nitrogens with zero attached hydrogens (tertiary/aromatic N) is 2. The fourth-order valence-electron chi connectivity index (χ4n) is 10.6. The zero-order chi connectivity index (χ0) is 47.8. The summed E-state index contributed by atoms with van der Waals surface area (Å²) in [5.74, 6) is 1.42. The van der Waals surface area contributed by atoms with E-state index >= 15 is 0 Å². The molecule has 5 aromatic rings. The van der Waals surface area contributed by atoms with E-state index < -0.39 is 23.5 Å². The zero-order valence-corrected chi connectivity index (χ0v) is 41.1. The molecular formula is C57H68N2O8. The molecule has 10 heteroatoms. The van der Waals surface area contributed by atoms with Crippen molar-refractivity contribution < 1.29 is 33.3 Å². The number of carbonyl (C=O) groups excluding carboxylic acids is 3. The lowest BCUT2D eigenvalue weighted by Gasteiger charge is -2.38. The first kappa shape index (κ1) is 47.7. The Balaban J connectivity index is 0.936. The second-order valence-electron chi connectivity index (χ2n) is 20.5. The predicted octanol–water partition coefficient (Wildman–Crippen LogP) is 12.6. The normalized spacial score (nSPS) is 19.2. The molecule has 8 rings (SSSR count). The molecule has 0 radical (unpaired) electrons. The average Bonchev–Trinajstić information content (AvgIpc) is 3.67. The third-order valence-corrected chi connectivity index (χ3v) is 15.0. The highest BCUT2D eigenvalue weighted by atomic mass is 16.6. The van der Waals surface area contributed by atoms with Gasteiger partial charge < -0.3 is 23.5 Å². The lowest BCUT2D eigenvalue weighted by molar-refractivity contribution is -0.173. The summed E-state index contributed by atoms with van der Waals surface area (Å²) in [6.07, 6.45) is 12.9. The molecular weight excluding hydrogens is 841 g/mol. The van der Waals surface area contributed by atoms with Crippen molar-refractivity contribution in [2.24, 2.45) is 17.8 Å². The van der Waals surface area contributed by atoms with Crippen molar-refractivity contribution in [3.05, 3.63) is 121 Å². The summed E-state index contributed by atoms with van der Waals surface area (Å²) in [5, 5.41) is 0.956. The van der Waals surface area contributed by atoms with E-state index in [1.165, 1.54) is 57.1 Å². The van der Waals surface area contributed by atoms with Gasteiger partial charge in [0.2, 0.25) is 5.60 Å². The third-order valence-electron chi connectivity index (χ3n) is 15.0. The van der Waals surface area contributed by atoms with E-state index in [1.807, 2.05) is 51.1 Å². The molecule has 0 amide bonds. The molecule has 0 saturated carbocycles. The molecule has 0 fully saturated rings. The molecule has 5 heterocycles. The second-order valence-corrected chi connectivity index (χ2v) is 20.5. The summed E-state index contributed by atoms with van der Waals surface area (Å²) in [7, 11) is 0. The minimum absolute atomic E-state index is 0.00387. The van der Waals surface area contributed by atoms with Crippen LogP contribution in [0.1, 0.15) is 172 Å². The lowest BCUT2D eigenvalue weighted by atomic mass is 9.83. The van der Waals surface area contributed by atoms with E-state index in [4.69, 9.17) is 23.9 Å². The van der Waals surface area contributed by atoms with Crippen LogP contribution in [0.5, 0.6) is 11.5 Å². The summed E-state index contributed by atoms with van der Waals surface area (Å²) in [6.45, 7) is 19.4. The molecule has 2 aromatic heterocycles. The largest absolute Gasteiger partial charge is 0.487 e. The summed E-state index contributed by atoms with van der Waals surface area (Å²) < 4.78 is 26.4. The van der Waals surface area contributed by atoms with Gasteiger partial charge in [-0.2, -0.15) is 0 Å². The first-order valence-electron chi connectivity index (χ1n) is 24.7. The number of rotatable bonds is 17. The van der Waals surface area contributed by atoms with Crippen LogP contribution in [0.2, 0.25) is 0 Å². The Kier molecular flexibility index (Phi) is 13.9. The van der Waals surface area contributed by atoms with Gasteiger partial charge in [-0.05, 0) is 131 Å². The number of hydrogen-bond acceptors (Lipinski definition) is 9. The van der Waals surface area contributed by atoms with Gasteiger partial charge in [0.1, 0.15) is 23.7 Å². The molecule has 0 spiro atoms. The topological polar surface area (TPSA) is 123 Å². The highest BCUT2D eigenvalue weighted by Crippen LogP contribution is 2.46. The van der Waals surface area contributed by atoms with E-state index in [1.54, 1.807) is 29.7 Å². The maximum Gasteiger partial charge on any atom is 0.355 e. The number of fused-ring (bicyclic) bond motifs is 6. The summed E-state index contributed by atoms with van der Waals surface area (Å²) in [6, 6.07) is 17.6. The molecule has 0 saturated heterocycles. The van der Waals surface area contributed by atoms with Gasteiger partial charge in [-0.15, -0.1) is 0 Å². The number of cyclic esters (lactones) is 1. The molecule has 0 aliphatic carbocycles. The minimum atomic E-state index is -1.91. The van der Waals surface area contributed by atoms with Crippen molar-refractivity contribution in [1.82, 2.24) is 9.55 Å². The highest BCUT2D eigenvalue weighted by Gasteiger charge is 2.50. The van der Waals surface area contributed by atoms with Crippen LogP contribution in [-0.4, -0.2) is 33.1 Å². The molecule has 3 aliphatic rings. The first-order valence-corrected chi connectivity index (χ1v) is 24.7. The molecule has 3 aromatic carbocycles. The van der Waals surface area contributed by atoms with Crippen LogP contribution in [0.4, 0.5) is 0 Å². The summed E-state index contributed by atoms with van der Waals surface area (Å²) in [4.78, 5) is 60.8. The Morgan fingerprint density at radius 1 is 0.806 bits per heavy atom. The Labute approximate surface area is 395 Å². The maximum absolute atomic E-state index is 14.1. The molecule has 0 N–H and O–H groups in total. The van der Waals surface area contributed by atoms with Gasteiger partial charge in [0, 0.05) is 22.1 Å². The van der Waals surface area contributed by atoms with Gasteiger partial charge in [-0.25, -0.2) is 19.4 Å². The second kappa shape index (κ2) is 19.4. The van der Waals surface area contributed by atoms with Crippen LogP contribution in [0.25, 0.3) is 22.3 Å². The Bertz CT molecular complexity index is 2790. The number of esters is 3. The zero-order valence-electron chi connectivity index (χ0n) is 41.1. The SMILES string of the molecule is CC[C@@]1(OC(=O)c2cccc(C(=O)Oc3c(C)c(C)c4c(c3C)CC[C@@](C)(CCC[C@H](C)CCC[C@H](C)CCCC(C)C)O4)c2)C(=O)OCc2c1cc1n(c2=O)Cc2cc3ccccc3nc2-1. The molecule has 4 atom stereocenters. The molecule has 354 valence electrons. The van der Waals surface area contributed by atoms with Crippen LogP contribution in [-0.2, 0) is 39.4 Å². The Morgan fingerprint density at radius 3 is 2.21 bits per heavy atom. The molecule has 67 heavy (non-hydrogen) atoms. The molecule has 0 unspecified atom stereocenters. The van der Waals surface area contributed by atoms with Crippen molar-refractivity contribution in [3.8, 4) is 22.9 Å². The number of pyridine rings is 2. The fourth-order valence-corrected chi connectivity index (χ4v) is 10.6. The van der Waals surface area contributed by atoms with Gasteiger partial charge >= 0.3 is 17.9 Å². The average molecular weight is 909 g/mol. The lowest BCUT2D eigenvalue weighted by Crippen LogP contribution is -2.47. The predicted molar refractivity (Wildman–Crippen MR) is 262 cm³/mol. The van der Waals surface area contributed by atoms with E-state index in [9.17, 15) is 19.2 Å². The van der Waals surface area contributed by atoms with Crippen molar-refractivity contribution in [3.63, 3.8) is 0 Å². The summed E-state index contributed by atoms with van der Waals surface area (Å²) >= 11 is 0. The molecule has 10 nitrogen and oxygen atoms in total.